The topological polar surface area (TPSA) is 35.6 Å². The van der Waals surface area contributed by atoms with Crippen LogP contribution in [0, 0.1) is 0 Å². The van der Waals surface area contributed by atoms with E-state index in [1.165, 1.54) is 30.5 Å². The van der Waals surface area contributed by atoms with Gasteiger partial charge in [0.05, 0.1) is 5.56 Å². The van der Waals surface area contributed by atoms with Gasteiger partial charge in [-0.1, -0.05) is 23.8 Å². The van der Waals surface area contributed by atoms with Crippen LogP contribution in [-0.2, 0) is 6.18 Å². The number of alkyl halides is 3. The Morgan fingerprint density at radius 3 is 2.48 bits per heavy atom. The maximum Gasteiger partial charge on any atom is 0.418 e. The Morgan fingerprint density at radius 1 is 1.07 bits per heavy atom. The van der Waals surface area contributed by atoms with Crippen molar-refractivity contribution in [3.63, 3.8) is 0 Å². The van der Waals surface area contributed by atoms with Crippen molar-refractivity contribution in [2.45, 2.75) is 38.3 Å². The number of hydrogen-bond acceptors (Lipinski definition) is 2. The van der Waals surface area contributed by atoms with Crippen LogP contribution in [0.2, 0.25) is 0 Å². The first-order valence-electron chi connectivity index (χ1n) is 9.57. The summed E-state index contributed by atoms with van der Waals surface area (Å²) >= 11 is 0. The van der Waals surface area contributed by atoms with Crippen LogP contribution in [0.5, 0.6) is 0 Å². The fraction of sp³-hybridized carbons (Fsp3) is 0.550. The van der Waals surface area contributed by atoms with Crippen LogP contribution in [0.25, 0.3) is 0 Å². The molecule has 0 bridgehead atoms. The maximum absolute atomic E-state index is 13.2. The Labute approximate surface area is 158 Å². The highest BCUT2D eigenvalue weighted by molar-refractivity contribution is 5.74. The summed E-state index contributed by atoms with van der Waals surface area (Å²) in [5.41, 5.74) is 0.980. The minimum Gasteiger partial charge on any atom is -0.367 e. The smallest absolute Gasteiger partial charge is 0.367 e. The van der Waals surface area contributed by atoms with Crippen LogP contribution >= 0.6 is 0 Å². The Bertz CT molecular complexity index is 679. The third-order valence-electron chi connectivity index (χ3n) is 5.22. The molecule has 1 aliphatic carbocycles. The Balaban J connectivity index is 1.49. The maximum atomic E-state index is 13.2. The van der Waals surface area contributed by atoms with Crippen LogP contribution in [0.3, 0.4) is 0 Å². The number of anilines is 1. The van der Waals surface area contributed by atoms with Gasteiger partial charge < -0.3 is 15.1 Å². The fourth-order valence-electron chi connectivity index (χ4n) is 3.71. The van der Waals surface area contributed by atoms with Crippen molar-refractivity contribution < 1.29 is 18.0 Å². The van der Waals surface area contributed by atoms with E-state index < -0.39 is 11.7 Å². The van der Waals surface area contributed by atoms with Crippen molar-refractivity contribution in [3.8, 4) is 0 Å². The van der Waals surface area contributed by atoms with Crippen molar-refractivity contribution in [2.24, 2.45) is 0 Å². The van der Waals surface area contributed by atoms with Crippen LogP contribution in [0.4, 0.5) is 23.7 Å². The van der Waals surface area contributed by atoms with Gasteiger partial charge in [-0.2, -0.15) is 13.2 Å². The van der Waals surface area contributed by atoms with E-state index in [9.17, 15) is 18.0 Å². The second kappa shape index (κ2) is 8.67. The SMILES string of the molecule is O=C(NCCC1=CCCCC1)N1CCN(c2ccccc2C(F)(F)F)CC1. The molecule has 0 radical (unpaired) electrons. The van der Waals surface area contributed by atoms with Crippen LogP contribution in [-0.4, -0.2) is 43.7 Å². The molecule has 0 saturated carbocycles. The minimum absolute atomic E-state index is 0.129. The summed E-state index contributed by atoms with van der Waals surface area (Å²) in [5.74, 6) is 0. The largest absolute Gasteiger partial charge is 0.418 e. The standard InChI is InChI=1S/C20H26F3N3O/c21-20(22,23)17-8-4-5-9-18(17)25-12-14-26(15-13-25)19(27)24-11-10-16-6-2-1-3-7-16/h4-6,8-9H,1-3,7,10-15H2,(H,24,27). The van der Waals surface area contributed by atoms with Crippen LogP contribution < -0.4 is 10.2 Å². The number of allylic oxidation sites excluding steroid dienone is 1. The third-order valence-corrected chi connectivity index (χ3v) is 5.22. The molecule has 3 rings (SSSR count). The molecule has 0 unspecified atom stereocenters. The average Bonchev–Trinajstić information content (AvgIpc) is 2.68. The highest BCUT2D eigenvalue weighted by Gasteiger charge is 2.35. The van der Waals surface area contributed by atoms with E-state index in [4.69, 9.17) is 0 Å². The molecule has 0 atom stereocenters. The van der Waals surface area contributed by atoms with Crippen molar-refractivity contribution in [3.05, 3.63) is 41.5 Å². The number of para-hydroxylation sites is 1. The highest BCUT2D eigenvalue weighted by atomic mass is 19.4. The predicted molar refractivity (Wildman–Crippen MR) is 99.8 cm³/mol. The highest BCUT2D eigenvalue weighted by Crippen LogP contribution is 2.36. The lowest BCUT2D eigenvalue weighted by Crippen LogP contribution is -2.52. The van der Waals surface area contributed by atoms with Gasteiger partial charge in [0.1, 0.15) is 0 Å². The molecule has 1 N–H and O–H groups in total. The average molecular weight is 381 g/mol. The number of carbonyl (C=O) groups is 1. The predicted octanol–water partition coefficient (Wildman–Crippen LogP) is 4.43. The van der Waals surface area contributed by atoms with E-state index in [1.54, 1.807) is 15.9 Å². The van der Waals surface area contributed by atoms with Gasteiger partial charge in [0.25, 0.3) is 0 Å². The number of urea groups is 1. The van der Waals surface area contributed by atoms with Gasteiger partial charge in [-0.3, -0.25) is 0 Å². The monoisotopic (exact) mass is 381 g/mol. The number of amides is 2. The third kappa shape index (κ3) is 5.17. The zero-order valence-corrected chi connectivity index (χ0v) is 15.4. The number of nitrogens with zero attached hydrogens (tertiary/aromatic N) is 2. The van der Waals surface area contributed by atoms with Crippen LogP contribution in [0.1, 0.15) is 37.7 Å². The molecular weight excluding hydrogens is 355 g/mol. The zero-order valence-electron chi connectivity index (χ0n) is 15.4. The lowest BCUT2D eigenvalue weighted by atomic mass is 9.97. The van der Waals surface area contributed by atoms with E-state index >= 15 is 0 Å². The molecule has 0 spiro atoms. The zero-order chi connectivity index (χ0) is 19.3. The number of nitrogens with one attached hydrogen (secondary N) is 1. The molecule has 1 aromatic rings. The molecule has 1 heterocycles. The Morgan fingerprint density at radius 2 is 1.81 bits per heavy atom. The summed E-state index contributed by atoms with van der Waals surface area (Å²) in [6.07, 6.45) is 3.49. The molecule has 2 aliphatic rings. The number of carbonyl (C=O) groups excluding carboxylic acids is 1. The molecule has 4 nitrogen and oxygen atoms in total. The van der Waals surface area contributed by atoms with Crippen molar-refractivity contribution in [2.75, 3.05) is 37.6 Å². The number of hydrogen-bond donors (Lipinski definition) is 1. The van der Waals surface area contributed by atoms with Crippen molar-refractivity contribution >= 4 is 11.7 Å². The first kappa shape index (κ1) is 19.6. The lowest BCUT2D eigenvalue weighted by Gasteiger charge is -2.37. The first-order valence-corrected chi connectivity index (χ1v) is 9.57. The summed E-state index contributed by atoms with van der Waals surface area (Å²) < 4.78 is 39.6. The summed E-state index contributed by atoms with van der Waals surface area (Å²) in [6.45, 7) is 2.24. The lowest BCUT2D eigenvalue weighted by molar-refractivity contribution is -0.137. The van der Waals surface area contributed by atoms with E-state index in [1.807, 2.05) is 0 Å². The second-order valence-corrected chi connectivity index (χ2v) is 7.08. The first-order chi connectivity index (χ1) is 12.9. The second-order valence-electron chi connectivity index (χ2n) is 7.08. The van der Waals surface area contributed by atoms with E-state index in [2.05, 4.69) is 11.4 Å². The van der Waals surface area contributed by atoms with Crippen molar-refractivity contribution in [1.82, 2.24) is 10.2 Å². The summed E-state index contributed by atoms with van der Waals surface area (Å²) in [6, 6.07) is 5.49. The molecule has 1 aliphatic heterocycles. The quantitative estimate of drug-likeness (QED) is 0.784. The van der Waals surface area contributed by atoms with Crippen LogP contribution in [0.15, 0.2) is 35.9 Å². The molecule has 1 saturated heterocycles. The van der Waals surface area contributed by atoms with Gasteiger partial charge >= 0.3 is 12.2 Å². The molecule has 1 fully saturated rings. The van der Waals surface area contributed by atoms with E-state index in [0.29, 0.717) is 32.7 Å². The summed E-state index contributed by atoms with van der Waals surface area (Å²) in [5, 5.41) is 2.94. The number of piperazine rings is 1. The number of rotatable bonds is 4. The summed E-state index contributed by atoms with van der Waals surface area (Å²) in [4.78, 5) is 15.7. The van der Waals surface area contributed by atoms with Crippen molar-refractivity contribution in [1.29, 1.82) is 0 Å². The molecule has 1 aromatic carbocycles. The molecule has 0 aromatic heterocycles. The molecule has 27 heavy (non-hydrogen) atoms. The molecule has 2 amide bonds. The van der Waals surface area contributed by atoms with Gasteiger partial charge in [0.15, 0.2) is 0 Å². The van der Waals surface area contributed by atoms with Gasteiger partial charge in [-0.15, -0.1) is 0 Å². The Hall–Kier alpha value is -2.18. The van der Waals surface area contributed by atoms with E-state index in [-0.39, 0.29) is 11.7 Å². The van der Waals surface area contributed by atoms with Gasteiger partial charge in [-0.25, -0.2) is 4.79 Å². The molecule has 7 heteroatoms. The van der Waals surface area contributed by atoms with Gasteiger partial charge in [0.2, 0.25) is 0 Å². The molecular formula is C20H26F3N3O. The number of halogens is 3. The van der Waals surface area contributed by atoms with E-state index in [0.717, 1.165) is 25.3 Å². The minimum atomic E-state index is -4.38. The van der Waals surface area contributed by atoms with Gasteiger partial charge in [0, 0.05) is 38.4 Å². The van der Waals surface area contributed by atoms with Gasteiger partial charge in [-0.05, 0) is 44.2 Å². The fourth-order valence-corrected chi connectivity index (χ4v) is 3.71. The molecule has 148 valence electrons. The summed E-state index contributed by atoms with van der Waals surface area (Å²) in [7, 11) is 0. The normalized spacial score (nSPS) is 18.3. The number of benzene rings is 1. The Kier molecular flexibility index (Phi) is 6.29.